The fourth-order valence-corrected chi connectivity index (χ4v) is 3.28. The van der Waals surface area contributed by atoms with Crippen LogP contribution in [0.4, 0.5) is 11.4 Å². The largest absolute Gasteiger partial charge is 0.371 e. The van der Waals surface area contributed by atoms with Crippen molar-refractivity contribution in [3.05, 3.63) is 70.6 Å². The quantitative estimate of drug-likeness (QED) is 0.522. The van der Waals surface area contributed by atoms with E-state index < -0.39 is 0 Å². The van der Waals surface area contributed by atoms with Gasteiger partial charge in [-0.1, -0.05) is 35.5 Å². The maximum absolute atomic E-state index is 10.8. The Balaban J connectivity index is 1.41. The van der Waals surface area contributed by atoms with Gasteiger partial charge < -0.3 is 9.42 Å². The summed E-state index contributed by atoms with van der Waals surface area (Å²) in [5.74, 6) is 1.56. The number of rotatable bonds is 4. The van der Waals surface area contributed by atoms with Crippen LogP contribution in [0.3, 0.4) is 0 Å². The van der Waals surface area contributed by atoms with Crippen molar-refractivity contribution < 1.29 is 9.45 Å². The highest BCUT2D eigenvalue weighted by molar-refractivity contribution is 5.54. The number of anilines is 1. The standard InChI is InChI=1S/C19H18N4O3/c24-23(25)17-8-6-16(7-9-17)22-12-10-15(11-13-22)19-20-18(21-26-19)14-4-2-1-3-5-14/h1-9,15H,10-13H2. The van der Waals surface area contributed by atoms with Crippen molar-refractivity contribution in [2.45, 2.75) is 18.8 Å². The molecule has 0 bridgehead atoms. The van der Waals surface area contributed by atoms with Crippen LogP contribution in [0, 0.1) is 10.1 Å². The molecule has 4 rings (SSSR count). The summed E-state index contributed by atoms with van der Waals surface area (Å²) in [5, 5.41) is 14.9. The minimum atomic E-state index is -0.379. The van der Waals surface area contributed by atoms with Gasteiger partial charge in [-0.15, -0.1) is 0 Å². The Morgan fingerprint density at radius 2 is 1.73 bits per heavy atom. The number of nitrogens with zero attached hydrogens (tertiary/aromatic N) is 4. The van der Waals surface area contributed by atoms with Gasteiger partial charge in [-0.05, 0) is 25.0 Å². The van der Waals surface area contributed by atoms with Crippen LogP contribution in [-0.2, 0) is 0 Å². The topological polar surface area (TPSA) is 85.3 Å². The molecule has 0 amide bonds. The maximum Gasteiger partial charge on any atom is 0.269 e. The van der Waals surface area contributed by atoms with Crippen LogP contribution in [-0.4, -0.2) is 28.2 Å². The third kappa shape index (κ3) is 3.28. The first kappa shape index (κ1) is 16.3. The highest BCUT2D eigenvalue weighted by Crippen LogP contribution is 2.31. The zero-order chi connectivity index (χ0) is 17.9. The number of benzene rings is 2. The van der Waals surface area contributed by atoms with E-state index in [9.17, 15) is 10.1 Å². The van der Waals surface area contributed by atoms with Gasteiger partial charge in [-0.3, -0.25) is 10.1 Å². The van der Waals surface area contributed by atoms with Crippen LogP contribution in [0.1, 0.15) is 24.7 Å². The molecular formula is C19H18N4O3. The second kappa shape index (κ2) is 6.95. The number of piperidine rings is 1. The number of nitro groups is 1. The molecule has 0 unspecified atom stereocenters. The van der Waals surface area contributed by atoms with E-state index in [0.29, 0.717) is 11.7 Å². The highest BCUT2D eigenvalue weighted by Gasteiger charge is 2.25. The molecule has 1 fully saturated rings. The number of non-ortho nitro benzene ring substituents is 1. The lowest BCUT2D eigenvalue weighted by Gasteiger charge is -2.32. The number of hydrogen-bond acceptors (Lipinski definition) is 6. The number of nitro benzene ring substituents is 1. The number of aromatic nitrogens is 2. The molecule has 0 atom stereocenters. The predicted octanol–water partition coefficient (Wildman–Crippen LogP) is 4.03. The fraction of sp³-hybridized carbons (Fsp3) is 0.263. The van der Waals surface area contributed by atoms with E-state index in [1.54, 1.807) is 24.3 Å². The lowest BCUT2D eigenvalue weighted by atomic mass is 9.96. The summed E-state index contributed by atoms with van der Waals surface area (Å²) >= 11 is 0. The monoisotopic (exact) mass is 350 g/mol. The van der Waals surface area contributed by atoms with Crippen LogP contribution in [0.5, 0.6) is 0 Å². The Morgan fingerprint density at radius 3 is 2.38 bits per heavy atom. The van der Waals surface area contributed by atoms with Gasteiger partial charge in [-0.25, -0.2) is 0 Å². The van der Waals surface area contributed by atoms with Crippen molar-refractivity contribution in [3.63, 3.8) is 0 Å². The van der Waals surface area contributed by atoms with Crippen LogP contribution >= 0.6 is 0 Å². The van der Waals surface area contributed by atoms with Gasteiger partial charge in [0.1, 0.15) is 0 Å². The van der Waals surface area contributed by atoms with E-state index in [0.717, 1.165) is 37.2 Å². The summed E-state index contributed by atoms with van der Waals surface area (Å²) in [5.41, 5.74) is 2.07. The molecule has 1 aliphatic rings. The summed E-state index contributed by atoms with van der Waals surface area (Å²) in [7, 11) is 0. The van der Waals surface area contributed by atoms with E-state index in [2.05, 4.69) is 15.0 Å². The lowest BCUT2D eigenvalue weighted by Crippen LogP contribution is -2.32. The molecular weight excluding hydrogens is 332 g/mol. The van der Waals surface area contributed by atoms with E-state index >= 15 is 0 Å². The molecule has 1 saturated heterocycles. The first-order valence-corrected chi connectivity index (χ1v) is 8.59. The van der Waals surface area contributed by atoms with Gasteiger partial charge in [0.15, 0.2) is 0 Å². The van der Waals surface area contributed by atoms with Crippen LogP contribution in [0.25, 0.3) is 11.4 Å². The van der Waals surface area contributed by atoms with E-state index in [-0.39, 0.29) is 16.5 Å². The van der Waals surface area contributed by atoms with Crippen molar-refractivity contribution in [1.82, 2.24) is 10.1 Å². The summed E-state index contributed by atoms with van der Waals surface area (Å²) in [6.45, 7) is 1.71. The molecule has 0 radical (unpaired) electrons. The zero-order valence-corrected chi connectivity index (χ0v) is 14.1. The Bertz CT molecular complexity index is 885. The van der Waals surface area contributed by atoms with E-state index in [1.807, 2.05) is 30.3 Å². The summed E-state index contributed by atoms with van der Waals surface area (Å²) in [6, 6.07) is 16.5. The fourth-order valence-electron chi connectivity index (χ4n) is 3.28. The van der Waals surface area contributed by atoms with Crippen molar-refractivity contribution in [2.24, 2.45) is 0 Å². The SMILES string of the molecule is O=[N+]([O-])c1ccc(N2CCC(c3nc(-c4ccccc4)no3)CC2)cc1. The van der Waals surface area contributed by atoms with Gasteiger partial charge in [0.25, 0.3) is 5.69 Å². The van der Waals surface area contributed by atoms with Gasteiger partial charge in [-0.2, -0.15) is 4.98 Å². The molecule has 2 aromatic carbocycles. The average Bonchev–Trinajstić information content (AvgIpc) is 3.19. The maximum atomic E-state index is 10.8. The number of hydrogen-bond donors (Lipinski definition) is 0. The summed E-state index contributed by atoms with van der Waals surface area (Å²) in [6.07, 6.45) is 1.82. The van der Waals surface area contributed by atoms with E-state index in [1.165, 1.54) is 0 Å². The third-order valence-corrected chi connectivity index (χ3v) is 4.74. The molecule has 7 heteroatoms. The molecule has 1 aromatic heterocycles. The first-order chi connectivity index (χ1) is 12.7. The Hall–Kier alpha value is -3.22. The van der Waals surface area contributed by atoms with Crippen molar-refractivity contribution in [1.29, 1.82) is 0 Å². The summed E-state index contributed by atoms with van der Waals surface area (Å²) in [4.78, 5) is 17.2. The van der Waals surface area contributed by atoms with Crippen molar-refractivity contribution in [2.75, 3.05) is 18.0 Å². The molecule has 0 aliphatic carbocycles. The average molecular weight is 350 g/mol. The van der Waals surface area contributed by atoms with Crippen LogP contribution in [0.15, 0.2) is 59.1 Å². The smallest absolute Gasteiger partial charge is 0.269 e. The minimum absolute atomic E-state index is 0.114. The second-order valence-electron chi connectivity index (χ2n) is 6.36. The lowest BCUT2D eigenvalue weighted by molar-refractivity contribution is -0.384. The first-order valence-electron chi connectivity index (χ1n) is 8.59. The molecule has 132 valence electrons. The second-order valence-corrected chi connectivity index (χ2v) is 6.36. The Morgan fingerprint density at radius 1 is 1.04 bits per heavy atom. The normalized spacial score (nSPS) is 15.2. The highest BCUT2D eigenvalue weighted by atomic mass is 16.6. The molecule has 0 spiro atoms. The molecule has 1 aliphatic heterocycles. The van der Waals surface area contributed by atoms with Crippen molar-refractivity contribution in [3.8, 4) is 11.4 Å². The Labute approximate surface area is 150 Å². The van der Waals surface area contributed by atoms with Gasteiger partial charge in [0, 0.05) is 42.4 Å². The molecule has 2 heterocycles. The molecule has 26 heavy (non-hydrogen) atoms. The van der Waals surface area contributed by atoms with E-state index in [4.69, 9.17) is 4.52 Å². The molecule has 0 N–H and O–H groups in total. The van der Waals surface area contributed by atoms with Gasteiger partial charge >= 0.3 is 0 Å². The predicted molar refractivity (Wildman–Crippen MR) is 97.0 cm³/mol. The van der Waals surface area contributed by atoms with Crippen LogP contribution < -0.4 is 4.90 Å². The molecule has 7 nitrogen and oxygen atoms in total. The molecule has 0 saturated carbocycles. The minimum Gasteiger partial charge on any atom is -0.371 e. The van der Waals surface area contributed by atoms with Gasteiger partial charge in [0.2, 0.25) is 11.7 Å². The van der Waals surface area contributed by atoms with Gasteiger partial charge in [0.05, 0.1) is 4.92 Å². The zero-order valence-electron chi connectivity index (χ0n) is 14.1. The van der Waals surface area contributed by atoms with Crippen molar-refractivity contribution >= 4 is 11.4 Å². The summed E-state index contributed by atoms with van der Waals surface area (Å²) < 4.78 is 5.49. The van der Waals surface area contributed by atoms with Crippen LogP contribution in [0.2, 0.25) is 0 Å². The third-order valence-electron chi connectivity index (χ3n) is 4.74. The Kier molecular flexibility index (Phi) is 4.35. The molecule has 3 aromatic rings.